The van der Waals surface area contributed by atoms with Crippen LogP contribution in [0.25, 0.3) is 0 Å². The van der Waals surface area contributed by atoms with Gasteiger partial charge in [0.05, 0.1) is 12.7 Å². The van der Waals surface area contributed by atoms with E-state index >= 15 is 0 Å². The first kappa shape index (κ1) is 16.3. The number of urea groups is 1. The zero-order valence-electron chi connectivity index (χ0n) is 11.6. The fourth-order valence-electron chi connectivity index (χ4n) is 1.43. The number of hydrogen-bond donors (Lipinski definition) is 3. The predicted octanol–water partition coefficient (Wildman–Crippen LogP) is 0.618. The topological polar surface area (TPSA) is 114 Å². The van der Waals surface area contributed by atoms with Crippen LogP contribution in [-0.4, -0.2) is 43.3 Å². The van der Waals surface area contributed by atoms with Gasteiger partial charge in [0.2, 0.25) is 0 Å². The van der Waals surface area contributed by atoms with Crippen LogP contribution in [0.4, 0.5) is 4.79 Å². The zero-order chi connectivity index (χ0) is 15.8. The number of rotatable bonds is 6. The molecule has 0 fully saturated rings. The van der Waals surface area contributed by atoms with Gasteiger partial charge in [-0.05, 0) is 25.1 Å². The second-order valence-electron chi connectivity index (χ2n) is 3.87. The van der Waals surface area contributed by atoms with Gasteiger partial charge in [-0.15, -0.1) is 0 Å². The molecular weight excluding hydrogens is 280 g/mol. The van der Waals surface area contributed by atoms with E-state index < -0.39 is 24.5 Å². The molecule has 0 aliphatic rings. The zero-order valence-corrected chi connectivity index (χ0v) is 11.6. The van der Waals surface area contributed by atoms with E-state index in [2.05, 4.69) is 10.6 Å². The van der Waals surface area contributed by atoms with E-state index in [0.29, 0.717) is 6.54 Å². The molecule has 0 unspecified atom stereocenters. The standard InChI is InChI=1S/C13H16N2O6/c1-3-14-13(19)15-11(16)7-21-9-5-4-8(12(17)18)6-10(9)20-2/h4-6H,3,7H2,1-2H3,(H,17,18)(H2,14,15,16,19). The fourth-order valence-corrected chi connectivity index (χ4v) is 1.43. The van der Waals surface area contributed by atoms with Crippen molar-refractivity contribution >= 4 is 17.9 Å². The van der Waals surface area contributed by atoms with Gasteiger partial charge in [-0.2, -0.15) is 0 Å². The Morgan fingerprint density at radius 2 is 1.95 bits per heavy atom. The number of hydrogen-bond acceptors (Lipinski definition) is 5. The molecule has 8 heteroatoms. The van der Waals surface area contributed by atoms with Gasteiger partial charge in [0, 0.05) is 6.54 Å². The number of amides is 3. The summed E-state index contributed by atoms with van der Waals surface area (Å²) in [5, 5.41) is 13.3. The molecule has 0 bridgehead atoms. The molecule has 21 heavy (non-hydrogen) atoms. The van der Waals surface area contributed by atoms with Crippen molar-refractivity contribution in [2.75, 3.05) is 20.3 Å². The predicted molar refractivity (Wildman–Crippen MR) is 72.7 cm³/mol. The first-order valence-corrected chi connectivity index (χ1v) is 6.09. The van der Waals surface area contributed by atoms with Crippen molar-refractivity contribution in [3.63, 3.8) is 0 Å². The van der Waals surface area contributed by atoms with Gasteiger partial charge in [-0.3, -0.25) is 10.1 Å². The van der Waals surface area contributed by atoms with Gasteiger partial charge in [-0.1, -0.05) is 0 Å². The molecule has 1 rings (SSSR count). The molecule has 0 saturated heterocycles. The molecule has 0 radical (unpaired) electrons. The van der Waals surface area contributed by atoms with Crippen molar-refractivity contribution in [1.29, 1.82) is 0 Å². The lowest BCUT2D eigenvalue weighted by Gasteiger charge is -2.11. The van der Waals surface area contributed by atoms with Crippen LogP contribution >= 0.6 is 0 Å². The normalized spacial score (nSPS) is 9.62. The van der Waals surface area contributed by atoms with Crippen LogP contribution in [0.2, 0.25) is 0 Å². The summed E-state index contributed by atoms with van der Waals surface area (Å²) in [7, 11) is 1.35. The molecule has 0 saturated carbocycles. The van der Waals surface area contributed by atoms with Crippen LogP contribution in [0.3, 0.4) is 0 Å². The Morgan fingerprint density at radius 1 is 1.24 bits per heavy atom. The Morgan fingerprint density at radius 3 is 2.52 bits per heavy atom. The maximum absolute atomic E-state index is 11.4. The van der Waals surface area contributed by atoms with E-state index in [1.807, 2.05) is 0 Å². The van der Waals surface area contributed by atoms with Gasteiger partial charge in [0.25, 0.3) is 5.91 Å². The SMILES string of the molecule is CCNC(=O)NC(=O)COc1ccc(C(=O)O)cc1OC. The number of imide groups is 1. The molecule has 0 atom stereocenters. The molecule has 0 aliphatic carbocycles. The summed E-state index contributed by atoms with van der Waals surface area (Å²) in [5.74, 6) is -1.35. The maximum Gasteiger partial charge on any atom is 0.335 e. The number of nitrogens with one attached hydrogen (secondary N) is 2. The van der Waals surface area contributed by atoms with Crippen LogP contribution in [-0.2, 0) is 4.79 Å². The number of carboxylic acids is 1. The largest absolute Gasteiger partial charge is 0.493 e. The van der Waals surface area contributed by atoms with Crippen molar-refractivity contribution < 1.29 is 29.0 Å². The Balaban J connectivity index is 2.64. The molecule has 114 valence electrons. The smallest absolute Gasteiger partial charge is 0.335 e. The molecule has 3 amide bonds. The number of carbonyl (C=O) groups excluding carboxylic acids is 2. The minimum atomic E-state index is -1.10. The third-order valence-electron chi connectivity index (χ3n) is 2.36. The van der Waals surface area contributed by atoms with Crippen molar-refractivity contribution in [3.8, 4) is 11.5 Å². The van der Waals surface area contributed by atoms with Crippen LogP contribution in [0.15, 0.2) is 18.2 Å². The quantitative estimate of drug-likeness (QED) is 0.709. The highest BCUT2D eigenvalue weighted by atomic mass is 16.5. The minimum Gasteiger partial charge on any atom is -0.493 e. The first-order valence-electron chi connectivity index (χ1n) is 6.09. The van der Waals surface area contributed by atoms with Gasteiger partial charge in [-0.25, -0.2) is 9.59 Å². The Bertz CT molecular complexity index is 543. The number of carbonyl (C=O) groups is 3. The van der Waals surface area contributed by atoms with E-state index in [4.69, 9.17) is 14.6 Å². The van der Waals surface area contributed by atoms with Crippen LogP contribution in [0.5, 0.6) is 11.5 Å². The van der Waals surface area contributed by atoms with E-state index in [9.17, 15) is 14.4 Å². The summed E-state index contributed by atoms with van der Waals surface area (Å²) in [5.41, 5.74) is 0.0333. The maximum atomic E-state index is 11.4. The van der Waals surface area contributed by atoms with Gasteiger partial charge in [0.1, 0.15) is 0 Å². The lowest BCUT2D eigenvalue weighted by atomic mass is 10.2. The Hall–Kier alpha value is -2.77. The second kappa shape index (κ2) is 7.73. The lowest BCUT2D eigenvalue weighted by molar-refractivity contribution is -0.122. The lowest BCUT2D eigenvalue weighted by Crippen LogP contribution is -2.41. The van der Waals surface area contributed by atoms with E-state index in [1.165, 1.54) is 25.3 Å². The van der Waals surface area contributed by atoms with E-state index in [0.717, 1.165) is 0 Å². The third kappa shape index (κ3) is 5.01. The number of ether oxygens (including phenoxy) is 2. The van der Waals surface area contributed by atoms with Crippen molar-refractivity contribution in [2.24, 2.45) is 0 Å². The highest BCUT2D eigenvalue weighted by molar-refractivity contribution is 5.95. The number of aromatic carboxylic acids is 1. The van der Waals surface area contributed by atoms with Crippen LogP contribution < -0.4 is 20.1 Å². The molecule has 1 aromatic rings. The highest BCUT2D eigenvalue weighted by Gasteiger charge is 2.12. The van der Waals surface area contributed by atoms with Gasteiger partial charge < -0.3 is 19.9 Å². The molecule has 8 nitrogen and oxygen atoms in total. The molecule has 1 aromatic carbocycles. The second-order valence-corrected chi connectivity index (χ2v) is 3.87. The molecule has 0 heterocycles. The summed E-state index contributed by atoms with van der Waals surface area (Å²) < 4.78 is 10.2. The molecular formula is C13H16N2O6. The average molecular weight is 296 g/mol. The fraction of sp³-hybridized carbons (Fsp3) is 0.308. The van der Waals surface area contributed by atoms with Crippen LogP contribution in [0, 0.1) is 0 Å². The average Bonchev–Trinajstić information content (AvgIpc) is 2.44. The van der Waals surface area contributed by atoms with Gasteiger partial charge in [0.15, 0.2) is 18.1 Å². The van der Waals surface area contributed by atoms with Crippen molar-refractivity contribution in [2.45, 2.75) is 6.92 Å². The summed E-state index contributed by atoms with van der Waals surface area (Å²) >= 11 is 0. The van der Waals surface area contributed by atoms with Gasteiger partial charge >= 0.3 is 12.0 Å². The van der Waals surface area contributed by atoms with E-state index in [1.54, 1.807) is 6.92 Å². The molecule has 0 aliphatic heterocycles. The summed E-state index contributed by atoms with van der Waals surface area (Å²) in [6, 6.07) is 3.36. The third-order valence-corrected chi connectivity index (χ3v) is 2.36. The Labute approximate surface area is 121 Å². The monoisotopic (exact) mass is 296 g/mol. The minimum absolute atomic E-state index is 0.0333. The molecule has 0 aromatic heterocycles. The Kier molecular flexibility index (Phi) is 5.99. The number of benzene rings is 1. The number of carboxylic acid groups (broad SMARTS) is 1. The van der Waals surface area contributed by atoms with Crippen molar-refractivity contribution in [1.82, 2.24) is 10.6 Å². The number of methoxy groups -OCH3 is 1. The highest BCUT2D eigenvalue weighted by Crippen LogP contribution is 2.27. The summed E-state index contributed by atoms with van der Waals surface area (Å²) in [6.45, 7) is 1.71. The molecule has 3 N–H and O–H groups in total. The summed E-state index contributed by atoms with van der Waals surface area (Å²) in [6.07, 6.45) is 0. The molecule has 0 spiro atoms. The summed E-state index contributed by atoms with van der Waals surface area (Å²) in [4.78, 5) is 33.4. The van der Waals surface area contributed by atoms with Crippen molar-refractivity contribution in [3.05, 3.63) is 23.8 Å². The first-order chi connectivity index (χ1) is 9.97. The van der Waals surface area contributed by atoms with Crippen LogP contribution in [0.1, 0.15) is 17.3 Å². The van der Waals surface area contributed by atoms with E-state index in [-0.39, 0.29) is 17.1 Å².